The fourth-order valence-corrected chi connectivity index (χ4v) is 2.91. The number of carbonyl (C=O) groups excluding carboxylic acids is 1. The second-order valence-corrected chi connectivity index (χ2v) is 6.61. The Hall–Kier alpha value is -4.20. The van der Waals surface area contributed by atoms with Gasteiger partial charge < -0.3 is 10.1 Å². The van der Waals surface area contributed by atoms with Crippen molar-refractivity contribution in [3.63, 3.8) is 0 Å². The summed E-state index contributed by atoms with van der Waals surface area (Å²) in [6.07, 6.45) is 6.04. The number of benzene rings is 2. The smallest absolute Gasteiger partial charge is 0.262 e. The number of hydrogen-bond acceptors (Lipinski definition) is 5. The highest BCUT2D eigenvalue weighted by molar-refractivity contribution is 6.04. The van der Waals surface area contributed by atoms with Gasteiger partial charge in [0.15, 0.2) is 5.82 Å². The lowest BCUT2D eigenvalue weighted by Crippen LogP contribution is -2.16. The number of pyridine rings is 1. The summed E-state index contributed by atoms with van der Waals surface area (Å²) >= 11 is 0. The van der Waals surface area contributed by atoms with E-state index >= 15 is 0 Å². The van der Waals surface area contributed by atoms with Gasteiger partial charge in [-0.25, -0.2) is 13.8 Å². The third-order valence-electron chi connectivity index (χ3n) is 4.44. The minimum atomic E-state index is -0.955. The van der Waals surface area contributed by atoms with Crippen molar-refractivity contribution in [2.75, 3.05) is 5.32 Å². The Balaban J connectivity index is 1.54. The molecule has 0 atom stereocenters. The zero-order valence-corrected chi connectivity index (χ0v) is 16.3. The summed E-state index contributed by atoms with van der Waals surface area (Å²) in [6, 6.07) is 12.3. The van der Waals surface area contributed by atoms with Crippen molar-refractivity contribution in [3.8, 4) is 22.8 Å². The van der Waals surface area contributed by atoms with Crippen LogP contribution in [0.5, 0.6) is 11.5 Å². The maximum atomic E-state index is 13.8. The first-order chi connectivity index (χ1) is 15.0. The normalized spacial score (nSPS) is 10.5. The average molecular weight is 418 g/mol. The minimum Gasteiger partial charge on any atom is -0.456 e. The zero-order valence-electron chi connectivity index (χ0n) is 16.3. The number of hydrogen-bond donors (Lipinski definition) is 1. The van der Waals surface area contributed by atoms with E-state index in [0.29, 0.717) is 17.2 Å². The highest BCUT2D eigenvalue weighted by Gasteiger charge is 2.17. The molecule has 0 fully saturated rings. The largest absolute Gasteiger partial charge is 0.456 e. The monoisotopic (exact) mass is 418 g/mol. The highest BCUT2D eigenvalue weighted by atomic mass is 19.1. The Morgan fingerprint density at radius 1 is 0.935 bits per heavy atom. The van der Waals surface area contributed by atoms with Crippen LogP contribution in [-0.4, -0.2) is 20.9 Å². The maximum Gasteiger partial charge on any atom is 0.262 e. The van der Waals surface area contributed by atoms with E-state index in [0.717, 1.165) is 23.3 Å². The first-order valence-corrected chi connectivity index (χ1v) is 9.27. The van der Waals surface area contributed by atoms with Gasteiger partial charge in [0.25, 0.3) is 5.91 Å². The molecule has 2 aromatic carbocycles. The number of carbonyl (C=O) groups is 1. The van der Waals surface area contributed by atoms with Crippen LogP contribution in [0.15, 0.2) is 73.3 Å². The first kappa shape index (κ1) is 20.1. The summed E-state index contributed by atoms with van der Waals surface area (Å²) in [7, 11) is 0. The van der Waals surface area contributed by atoms with Crippen molar-refractivity contribution in [1.29, 1.82) is 0 Å². The molecule has 0 unspecified atom stereocenters. The minimum absolute atomic E-state index is 0.0665. The molecule has 0 bridgehead atoms. The predicted octanol–water partition coefficient (Wildman–Crippen LogP) is 5.17. The number of nitrogens with one attached hydrogen (secondary N) is 1. The molecule has 0 saturated carbocycles. The van der Waals surface area contributed by atoms with Crippen LogP contribution >= 0.6 is 0 Å². The van der Waals surface area contributed by atoms with Crippen molar-refractivity contribution >= 4 is 11.7 Å². The third kappa shape index (κ3) is 4.53. The predicted molar refractivity (Wildman–Crippen MR) is 111 cm³/mol. The standard InChI is InChI=1S/C23H16F2N4O2/c1-14-7-8-15(31-16-4-3-9-26-11-16)10-17(14)20-12-28-21(13-27-20)29-23(30)22-18(24)5-2-6-19(22)25/h2-13H,1H3,(H,28,29,30). The highest BCUT2D eigenvalue weighted by Crippen LogP contribution is 2.29. The van der Waals surface area contributed by atoms with Gasteiger partial charge in [0.1, 0.15) is 28.7 Å². The molecular weight excluding hydrogens is 402 g/mol. The molecule has 1 amide bonds. The summed E-state index contributed by atoms with van der Waals surface area (Å²) in [5.74, 6) is -1.59. The Morgan fingerprint density at radius 3 is 2.42 bits per heavy atom. The van der Waals surface area contributed by atoms with Crippen LogP contribution in [0.1, 0.15) is 15.9 Å². The van der Waals surface area contributed by atoms with Crippen LogP contribution in [0, 0.1) is 18.6 Å². The molecule has 0 aliphatic rings. The van der Waals surface area contributed by atoms with Gasteiger partial charge in [0.05, 0.1) is 24.3 Å². The number of ether oxygens (including phenoxy) is 1. The maximum absolute atomic E-state index is 13.8. The molecule has 2 heterocycles. The van der Waals surface area contributed by atoms with Gasteiger partial charge in [-0.1, -0.05) is 12.1 Å². The first-order valence-electron chi connectivity index (χ1n) is 9.27. The van der Waals surface area contributed by atoms with E-state index in [9.17, 15) is 13.6 Å². The molecule has 0 aliphatic heterocycles. The molecule has 0 spiro atoms. The fourth-order valence-electron chi connectivity index (χ4n) is 2.91. The van der Waals surface area contributed by atoms with Gasteiger partial charge in [-0.05, 0) is 48.9 Å². The SMILES string of the molecule is Cc1ccc(Oc2cccnc2)cc1-c1cnc(NC(=O)c2c(F)cccc2F)cn1. The van der Waals surface area contributed by atoms with Crippen LogP contribution in [0.4, 0.5) is 14.6 Å². The molecule has 0 radical (unpaired) electrons. The summed E-state index contributed by atoms with van der Waals surface area (Å²) < 4.78 is 33.4. The third-order valence-corrected chi connectivity index (χ3v) is 4.44. The van der Waals surface area contributed by atoms with E-state index in [1.807, 2.05) is 25.1 Å². The Kier molecular flexibility index (Phi) is 5.61. The number of aromatic nitrogens is 3. The van der Waals surface area contributed by atoms with Crippen LogP contribution in [0.25, 0.3) is 11.3 Å². The second-order valence-electron chi connectivity index (χ2n) is 6.61. The second kappa shape index (κ2) is 8.66. The van der Waals surface area contributed by atoms with Crippen molar-refractivity contribution in [2.45, 2.75) is 6.92 Å². The molecule has 4 rings (SSSR count). The van der Waals surface area contributed by atoms with E-state index in [-0.39, 0.29) is 5.82 Å². The quantitative estimate of drug-likeness (QED) is 0.484. The zero-order chi connectivity index (χ0) is 21.8. The average Bonchev–Trinajstić information content (AvgIpc) is 2.76. The van der Waals surface area contributed by atoms with Crippen molar-refractivity contribution in [1.82, 2.24) is 15.0 Å². The van der Waals surface area contributed by atoms with Gasteiger partial charge in [-0.3, -0.25) is 14.8 Å². The van der Waals surface area contributed by atoms with Crippen molar-refractivity contribution in [2.24, 2.45) is 0 Å². The topological polar surface area (TPSA) is 77.0 Å². The van der Waals surface area contributed by atoms with E-state index in [1.165, 1.54) is 18.5 Å². The number of halogens is 2. The molecule has 4 aromatic rings. The van der Waals surface area contributed by atoms with Crippen LogP contribution in [-0.2, 0) is 0 Å². The Bertz CT molecular complexity index is 1210. The van der Waals surface area contributed by atoms with E-state index in [1.54, 1.807) is 24.5 Å². The number of anilines is 1. The number of aryl methyl sites for hydroxylation is 1. The molecular formula is C23H16F2N4O2. The van der Waals surface area contributed by atoms with E-state index in [2.05, 4.69) is 20.3 Å². The lowest BCUT2D eigenvalue weighted by Gasteiger charge is -2.10. The molecule has 2 aromatic heterocycles. The van der Waals surface area contributed by atoms with Crippen LogP contribution < -0.4 is 10.1 Å². The lowest BCUT2D eigenvalue weighted by molar-refractivity contribution is 0.101. The van der Waals surface area contributed by atoms with Crippen LogP contribution in [0.3, 0.4) is 0 Å². The van der Waals surface area contributed by atoms with E-state index in [4.69, 9.17) is 4.74 Å². The van der Waals surface area contributed by atoms with Gasteiger partial charge in [0, 0.05) is 11.8 Å². The Labute approximate surface area is 176 Å². The molecule has 1 N–H and O–H groups in total. The molecule has 0 saturated heterocycles. The lowest BCUT2D eigenvalue weighted by atomic mass is 10.1. The van der Waals surface area contributed by atoms with Gasteiger partial charge in [0.2, 0.25) is 0 Å². The fraction of sp³-hybridized carbons (Fsp3) is 0.0435. The molecule has 8 heteroatoms. The number of amides is 1. The van der Waals surface area contributed by atoms with Gasteiger partial charge >= 0.3 is 0 Å². The summed E-state index contributed by atoms with van der Waals surface area (Å²) in [4.78, 5) is 24.7. The van der Waals surface area contributed by atoms with E-state index < -0.39 is 23.1 Å². The van der Waals surface area contributed by atoms with Gasteiger partial charge in [-0.15, -0.1) is 0 Å². The Morgan fingerprint density at radius 2 is 1.74 bits per heavy atom. The van der Waals surface area contributed by atoms with Crippen LogP contribution in [0.2, 0.25) is 0 Å². The summed E-state index contributed by atoms with van der Waals surface area (Å²) in [6.45, 7) is 1.92. The summed E-state index contributed by atoms with van der Waals surface area (Å²) in [5, 5.41) is 2.35. The summed E-state index contributed by atoms with van der Waals surface area (Å²) in [5.41, 5.74) is 1.60. The van der Waals surface area contributed by atoms with Crippen molar-refractivity contribution in [3.05, 3.63) is 96.1 Å². The van der Waals surface area contributed by atoms with Gasteiger partial charge in [-0.2, -0.15) is 0 Å². The number of rotatable bonds is 5. The molecule has 0 aliphatic carbocycles. The molecule has 6 nitrogen and oxygen atoms in total. The number of nitrogens with zero attached hydrogens (tertiary/aromatic N) is 3. The van der Waals surface area contributed by atoms with Crippen molar-refractivity contribution < 1.29 is 18.3 Å². The molecule has 31 heavy (non-hydrogen) atoms. The molecule has 154 valence electrons.